The van der Waals surface area contributed by atoms with Gasteiger partial charge in [-0.15, -0.1) is 0 Å². The topological polar surface area (TPSA) is 107 Å². The van der Waals surface area contributed by atoms with Gasteiger partial charge in [0, 0.05) is 31.0 Å². The number of nitrogens with zero attached hydrogens (tertiary/aromatic N) is 1. The van der Waals surface area contributed by atoms with E-state index in [1.54, 1.807) is 25.4 Å². The van der Waals surface area contributed by atoms with Crippen molar-refractivity contribution < 1.29 is 14.7 Å². The van der Waals surface area contributed by atoms with Gasteiger partial charge in [-0.2, -0.15) is 0 Å². The lowest BCUT2D eigenvalue weighted by Crippen LogP contribution is -2.30. The van der Waals surface area contributed by atoms with Gasteiger partial charge in [-0.25, -0.2) is 14.6 Å². The second kappa shape index (κ2) is 6.56. The molecule has 0 fully saturated rings. The van der Waals surface area contributed by atoms with E-state index in [2.05, 4.69) is 20.6 Å². The molecule has 2 amide bonds. The van der Waals surface area contributed by atoms with Crippen LogP contribution >= 0.6 is 0 Å². The second-order valence-corrected chi connectivity index (χ2v) is 4.50. The molecule has 1 heterocycles. The number of carboxylic acid groups (broad SMARTS) is 1. The van der Waals surface area contributed by atoms with E-state index in [-0.39, 0.29) is 11.6 Å². The van der Waals surface area contributed by atoms with Gasteiger partial charge in [0.15, 0.2) is 0 Å². The Bertz CT molecular complexity index is 638. The second-order valence-electron chi connectivity index (χ2n) is 4.50. The van der Waals surface area contributed by atoms with Crippen LogP contribution in [0.5, 0.6) is 0 Å². The van der Waals surface area contributed by atoms with Crippen molar-refractivity contribution in [2.45, 2.75) is 13.3 Å². The first-order valence-electron chi connectivity index (χ1n) is 6.43. The minimum Gasteiger partial charge on any atom is -0.478 e. The van der Waals surface area contributed by atoms with Gasteiger partial charge in [0.2, 0.25) is 0 Å². The zero-order chi connectivity index (χ0) is 15.2. The van der Waals surface area contributed by atoms with Crippen molar-refractivity contribution in [2.75, 3.05) is 11.9 Å². The highest BCUT2D eigenvalue weighted by Crippen LogP contribution is 2.16. The van der Waals surface area contributed by atoms with Gasteiger partial charge in [-0.1, -0.05) is 0 Å². The third-order valence-corrected chi connectivity index (χ3v) is 2.92. The molecule has 0 radical (unpaired) electrons. The van der Waals surface area contributed by atoms with E-state index in [1.807, 2.05) is 0 Å². The molecule has 1 aromatic heterocycles. The highest BCUT2D eigenvalue weighted by atomic mass is 16.4. The van der Waals surface area contributed by atoms with Crippen molar-refractivity contribution in [3.8, 4) is 0 Å². The summed E-state index contributed by atoms with van der Waals surface area (Å²) in [5.74, 6) is -0.190. The number of hydrogen-bond acceptors (Lipinski definition) is 3. The molecule has 0 unspecified atom stereocenters. The average Bonchev–Trinajstić information content (AvgIpc) is 2.94. The Balaban J connectivity index is 1.86. The molecule has 1 aromatic carbocycles. The Morgan fingerprint density at radius 3 is 2.81 bits per heavy atom. The zero-order valence-electron chi connectivity index (χ0n) is 11.5. The summed E-state index contributed by atoms with van der Waals surface area (Å²) in [6.07, 6.45) is 3.99. The SMILES string of the molecule is Cc1cc(C(=O)O)ccc1NC(=O)NCCc1ncc[nH]1. The van der Waals surface area contributed by atoms with Crippen LogP contribution in [0.2, 0.25) is 0 Å². The number of carbonyl (C=O) groups is 2. The van der Waals surface area contributed by atoms with Crippen LogP contribution in [-0.2, 0) is 6.42 Å². The van der Waals surface area contributed by atoms with E-state index in [4.69, 9.17) is 5.11 Å². The van der Waals surface area contributed by atoms with Gasteiger partial charge in [-0.3, -0.25) is 0 Å². The molecule has 4 N–H and O–H groups in total. The molecule has 0 aliphatic rings. The predicted octanol–water partition coefficient (Wildman–Crippen LogP) is 1.78. The Morgan fingerprint density at radius 1 is 1.38 bits per heavy atom. The standard InChI is InChI=1S/C14H16N4O3/c1-9-8-10(13(19)20)2-3-11(9)18-14(21)17-5-4-12-15-6-7-16-12/h2-3,6-8H,4-5H2,1H3,(H,15,16)(H,19,20)(H2,17,18,21). The van der Waals surface area contributed by atoms with Crippen molar-refractivity contribution in [3.63, 3.8) is 0 Å². The molecule has 0 bridgehead atoms. The molecule has 2 aromatic rings. The van der Waals surface area contributed by atoms with Crippen molar-refractivity contribution in [1.82, 2.24) is 15.3 Å². The van der Waals surface area contributed by atoms with Crippen molar-refractivity contribution in [3.05, 3.63) is 47.5 Å². The summed E-state index contributed by atoms with van der Waals surface area (Å²) >= 11 is 0. The summed E-state index contributed by atoms with van der Waals surface area (Å²) in [4.78, 5) is 29.6. The number of aromatic nitrogens is 2. The van der Waals surface area contributed by atoms with E-state index < -0.39 is 5.97 Å². The Morgan fingerprint density at radius 2 is 2.19 bits per heavy atom. The third kappa shape index (κ3) is 4.07. The maximum absolute atomic E-state index is 11.7. The number of benzene rings is 1. The molecule has 7 heteroatoms. The summed E-state index contributed by atoms with van der Waals surface area (Å²) in [6, 6.07) is 4.20. The summed E-state index contributed by atoms with van der Waals surface area (Å²) in [6.45, 7) is 2.19. The first-order valence-corrected chi connectivity index (χ1v) is 6.43. The van der Waals surface area contributed by atoms with Gasteiger partial charge < -0.3 is 20.7 Å². The number of rotatable bonds is 5. The van der Waals surface area contributed by atoms with Gasteiger partial charge in [-0.05, 0) is 30.7 Å². The maximum Gasteiger partial charge on any atom is 0.335 e. The predicted molar refractivity (Wildman–Crippen MR) is 77.5 cm³/mol. The number of imidazole rings is 1. The Labute approximate surface area is 121 Å². The molecule has 2 rings (SSSR count). The molecule has 0 aliphatic carbocycles. The fourth-order valence-corrected chi connectivity index (χ4v) is 1.83. The number of carboxylic acids is 1. The third-order valence-electron chi connectivity index (χ3n) is 2.92. The Hall–Kier alpha value is -2.83. The summed E-state index contributed by atoms with van der Waals surface area (Å²) in [5, 5.41) is 14.3. The zero-order valence-corrected chi connectivity index (χ0v) is 11.5. The van der Waals surface area contributed by atoms with Gasteiger partial charge in [0.25, 0.3) is 0 Å². The van der Waals surface area contributed by atoms with E-state index in [9.17, 15) is 9.59 Å². The number of hydrogen-bond donors (Lipinski definition) is 4. The van der Waals surface area contributed by atoms with Crippen LogP contribution < -0.4 is 10.6 Å². The van der Waals surface area contributed by atoms with Gasteiger partial charge in [0.05, 0.1) is 5.56 Å². The molecule has 21 heavy (non-hydrogen) atoms. The van der Waals surface area contributed by atoms with Crippen molar-refractivity contribution in [1.29, 1.82) is 0 Å². The smallest absolute Gasteiger partial charge is 0.335 e. The number of anilines is 1. The van der Waals surface area contributed by atoms with Crippen molar-refractivity contribution in [2.24, 2.45) is 0 Å². The lowest BCUT2D eigenvalue weighted by atomic mass is 10.1. The highest BCUT2D eigenvalue weighted by molar-refractivity contribution is 5.92. The summed E-state index contributed by atoms with van der Waals surface area (Å²) < 4.78 is 0. The number of urea groups is 1. The van der Waals surface area contributed by atoms with Gasteiger partial charge >= 0.3 is 12.0 Å². The van der Waals surface area contributed by atoms with Crippen LogP contribution in [0.1, 0.15) is 21.7 Å². The molecule has 0 aliphatic heterocycles. The number of carbonyl (C=O) groups excluding carboxylic acids is 1. The normalized spacial score (nSPS) is 10.1. The highest BCUT2D eigenvalue weighted by Gasteiger charge is 2.08. The molecule has 7 nitrogen and oxygen atoms in total. The van der Waals surface area contributed by atoms with E-state index in [1.165, 1.54) is 12.1 Å². The summed E-state index contributed by atoms with van der Waals surface area (Å²) in [7, 11) is 0. The van der Waals surface area contributed by atoms with E-state index in [0.717, 1.165) is 5.82 Å². The van der Waals surface area contributed by atoms with Crippen LogP contribution in [0.25, 0.3) is 0 Å². The fraction of sp³-hybridized carbons (Fsp3) is 0.214. The quantitative estimate of drug-likeness (QED) is 0.672. The van der Waals surface area contributed by atoms with Crippen LogP contribution in [0.4, 0.5) is 10.5 Å². The minimum absolute atomic E-state index is 0.191. The lowest BCUT2D eigenvalue weighted by Gasteiger charge is -2.10. The number of H-pyrrole nitrogens is 1. The first kappa shape index (κ1) is 14.6. The van der Waals surface area contributed by atoms with E-state index >= 15 is 0 Å². The number of aromatic amines is 1. The number of nitrogens with one attached hydrogen (secondary N) is 3. The van der Waals surface area contributed by atoms with E-state index in [0.29, 0.717) is 24.2 Å². The van der Waals surface area contributed by atoms with Gasteiger partial charge in [0.1, 0.15) is 5.82 Å². The molecular weight excluding hydrogens is 272 g/mol. The molecule has 110 valence electrons. The lowest BCUT2D eigenvalue weighted by molar-refractivity contribution is 0.0697. The summed E-state index contributed by atoms with van der Waals surface area (Å²) in [5.41, 5.74) is 1.46. The van der Waals surface area contributed by atoms with Crippen LogP contribution in [-0.4, -0.2) is 33.6 Å². The largest absolute Gasteiger partial charge is 0.478 e. The maximum atomic E-state index is 11.7. The van der Waals surface area contributed by atoms with Crippen LogP contribution in [0.3, 0.4) is 0 Å². The fourth-order valence-electron chi connectivity index (χ4n) is 1.83. The molecule has 0 atom stereocenters. The molecule has 0 spiro atoms. The average molecular weight is 288 g/mol. The molecular formula is C14H16N4O3. The number of aromatic carboxylic acids is 1. The monoisotopic (exact) mass is 288 g/mol. The van der Waals surface area contributed by atoms with Crippen LogP contribution in [0.15, 0.2) is 30.6 Å². The van der Waals surface area contributed by atoms with Crippen LogP contribution in [0, 0.1) is 6.92 Å². The molecule has 0 saturated heterocycles. The van der Waals surface area contributed by atoms with Crippen molar-refractivity contribution >= 4 is 17.7 Å². The number of aryl methyl sites for hydroxylation is 1. The first-order chi connectivity index (χ1) is 10.1. The Kier molecular flexibility index (Phi) is 4.55. The number of amides is 2. The molecule has 0 saturated carbocycles. The minimum atomic E-state index is -0.993.